The minimum absolute atomic E-state index is 0.141. The van der Waals surface area contributed by atoms with Crippen molar-refractivity contribution < 1.29 is 13.9 Å². The second-order valence-electron chi connectivity index (χ2n) is 4.69. The van der Waals surface area contributed by atoms with Crippen LogP contribution in [0.15, 0.2) is 18.2 Å². The lowest BCUT2D eigenvalue weighted by Crippen LogP contribution is -2.36. The molecule has 0 aromatic heterocycles. The zero-order valence-electron chi connectivity index (χ0n) is 11.0. The smallest absolute Gasteiger partial charge is 0.261 e. The van der Waals surface area contributed by atoms with Gasteiger partial charge in [-0.3, -0.25) is 4.79 Å². The van der Waals surface area contributed by atoms with E-state index in [1.165, 1.54) is 6.07 Å². The molecule has 5 heteroatoms. The molecule has 1 fully saturated rings. The van der Waals surface area contributed by atoms with Crippen LogP contribution in [0.5, 0.6) is 5.75 Å². The van der Waals surface area contributed by atoms with E-state index >= 15 is 0 Å². The Bertz CT molecular complexity index is 451. The normalized spacial score (nSPS) is 19.7. The molecule has 2 N–H and O–H groups in total. The van der Waals surface area contributed by atoms with Crippen LogP contribution < -0.4 is 15.4 Å². The maximum atomic E-state index is 13.9. The Balaban J connectivity index is 2.07. The van der Waals surface area contributed by atoms with Crippen molar-refractivity contribution in [1.82, 2.24) is 10.6 Å². The molecule has 1 aromatic rings. The van der Waals surface area contributed by atoms with Gasteiger partial charge in [0.05, 0.1) is 0 Å². The largest absolute Gasteiger partial charge is 0.478 e. The Morgan fingerprint density at radius 2 is 2.32 bits per heavy atom. The van der Waals surface area contributed by atoms with Gasteiger partial charge in [0.15, 0.2) is 17.7 Å². The van der Waals surface area contributed by atoms with Gasteiger partial charge in [-0.05, 0) is 44.0 Å². The Morgan fingerprint density at radius 3 is 3.05 bits per heavy atom. The van der Waals surface area contributed by atoms with Gasteiger partial charge in [-0.2, -0.15) is 0 Å². The summed E-state index contributed by atoms with van der Waals surface area (Å²) in [6.07, 6.45) is 1.88. The maximum absolute atomic E-state index is 13.9. The number of amides is 1. The predicted molar refractivity (Wildman–Crippen MR) is 70.4 cm³/mol. The zero-order valence-corrected chi connectivity index (χ0v) is 11.0. The van der Waals surface area contributed by atoms with Crippen molar-refractivity contribution in [2.75, 3.05) is 13.6 Å². The van der Waals surface area contributed by atoms with Crippen LogP contribution >= 0.6 is 0 Å². The third-order valence-corrected chi connectivity index (χ3v) is 3.13. The van der Waals surface area contributed by atoms with Crippen molar-refractivity contribution in [3.05, 3.63) is 29.6 Å². The van der Waals surface area contributed by atoms with Crippen molar-refractivity contribution in [2.24, 2.45) is 0 Å². The first kappa shape index (κ1) is 13.8. The first-order valence-electron chi connectivity index (χ1n) is 6.58. The molecule has 1 amide bonds. The molecule has 1 unspecified atom stereocenters. The number of hydrogen-bond acceptors (Lipinski definition) is 3. The molecule has 0 spiro atoms. The first-order valence-corrected chi connectivity index (χ1v) is 6.58. The molecule has 0 saturated carbocycles. The average Bonchev–Trinajstić information content (AvgIpc) is 2.58. The molecule has 2 rings (SSSR count). The summed E-state index contributed by atoms with van der Waals surface area (Å²) in [5.41, 5.74) is 0.845. The number of carbonyl (C=O) groups excluding carboxylic acids is 1. The van der Waals surface area contributed by atoms with Crippen molar-refractivity contribution in [2.45, 2.75) is 31.9 Å². The number of nitrogens with one attached hydrogen (secondary N) is 2. The summed E-state index contributed by atoms with van der Waals surface area (Å²) in [5, 5.41) is 5.73. The van der Waals surface area contributed by atoms with E-state index in [-0.39, 0.29) is 11.7 Å². The van der Waals surface area contributed by atoms with Crippen LogP contribution in [0.25, 0.3) is 0 Å². The second-order valence-corrected chi connectivity index (χ2v) is 4.69. The molecule has 1 aliphatic rings. The van der Waals surface area contributed by atoms with Gasteiger partial charge in [0.25, 0.3) is 5.91 Å². The Hall–Kier alpha value is -1.62. The standard InChI is InChI=1S/C14H19FN2O2/c1-16-9-10-5-6-12(11(15)8-10)19-13-4-2-3-7-17-14(13)18/h5-6,8,13,16H,2-4,7,9H2,1H3,(H,17,18). The molecule has 1 heterocycles. The van der Waals surface area contributed by atoms with E-state index in [1.807, 2.05) is 0 Å². The van der Waals surface area contributed by atoms with E-state index in [4.69, 9.17) is 4.74 Å². The summed E-state index contributed by atoms with van der Waals surface area (Å²) in [6.45, 7) is 1.27. The molecule has 0 radical (unpaired) electrons. The molecule has 0 bridgehead atoms. The highest BCUT2D eigenvalue weighted by molar-refractivity contribution is 5.81. The van der Waals surface area contributed by atoms with Crippen molar-refractivity contribution >= 4 is 5.91 Å². The number of hydrogen-bond donors (Lipinski definition) is 2. The number of rotatable bonds is 4. The van der Waals surface area contributed by atoms with E-state index in [9.17, 15) is 9.18 Å². The summed E-state index contributed by atoms with van der Waals surface area (Å²) in [7, 11) is 1.80. The van der Waals surface area contributed by atoms with Gasteiger partial charge >= 0.3 is 0 Å². The molecule has 1 aliphatic heterocycles. The third kappa shape index (κ3) is 3.67. The van der Waals surface area contributed by atoms with Gasteiger partial charge in [-0.25, -0.2) is 4.39 Å². The third-order valence-electron chi connectivity index (χ3n) is 3.13. The molecule has 4 nitrogen and oxygen atoms in total. The van der Waals surface area contributed by atoms with Crippen LogP contribution in [0.1, 0.15) is 24.8 Å². The van der Waals surface area contributed by atoms with E-state index in [2.05, 4.69) is 10.6 Å². The SMILES string of the molecule is CNCc1ccc(OC2CCCCNC2=O)c(F)c1. The number of benzene rings is 1. The fraction of sp³-hybridized carbons (Fsp3) is 0.500. The summed E-state index contributed by atoms with van der Waals surface area (Å²) in [6, 6.07) is 4.81. The average molecular weight is 266 g/mol. The lowest BCUT2D eigenvalue weighted by atomic mass is 10.1. The maximum Gasteiger partial charge on any atom is 0.261 e. The van der Waals surface area contributed by atoms with Gasteiger partial charge in [0.2, 0.25) is 0 Å². The highest BCUT2D eigenvalue weighted by Crippen LogP contribution is 2.21. The van der Waals surface area contributed by atoms with E-state index < -0.39 is 11.9 Å². The van der Waals surface area contributed by atoms with E-state index in [0.29, 0.717) is 19.5 Å². The minimum Gasteiger partial charge on any atom is -0.478 e. The second kappa shape index (κ2) is 6.52. The summed E-state index contributed by atoms with van der Waals surface area (Å²) >= 11 is 0. The molecule has 1 saturated heterocycles. The van der Waals surface area contributed by atoms with Crippen molar-refractivity contribution in [3.8, 4) is 5.75 Å². The Morgan fingerprint density at radius 1 is 1.47 bits per heavy atom. The van der Waals surface area contributed by atoms with Crippen LogP contribution in [0, 0.1) is 5.82 Å². The Kier molecular flexibility index (Phi) is 4.74. The highest BCUT2D eigenvalue weighted by atomic mass is 19.1. The molecule has 0 aliphatic carbocycles. The number of ether oxygens (including phenoxy) is 1. The molecule has 19 heavy (non-hydrogen) atoms. The Labute approximate surface area is 112 Å². The van der Waals surface area contributed by atoms with Gasteiger partial charge in [-0.1, -0.05) is 6.07 Å². The summed E-state index contributed by atoms with van der Waals surface area (Å²) < 4.78 is 19.4. The van der Waals surface area contributed by atoms with Gasteiger partial charge in [0.1, 0.15) is 0 Å². The molecule has 1 aromatic carbocycles. The summed E-state index contributed by atoms with van der Waals surface area (Å²) in [5.74, 6) is -0.442. The van der Waals surface area contributed by atoms with Crippen LogP contribution in [0.3, 0.4) is 0 Å². The quantitative estimate of drug-likeness (QED) is 0.870. The molecule has 104 valence electrons. The molecular formula is C14H19FN2O2. The summed E-state index contributed by atoms with van der Waals surface area (Å²) in [4.78, 5) is 11.7. The van der Waals surface area contributed by atoms with Gasteiger partial charge < -0.3 is 15.4 Å². The lowest BCUT2D eigenvalue weighted by Gasteiger charge is -2.16. The van der Waals surface area contributed by atoms with Crippen molar-refractivity contribution in [3.63, 3.8) is 0 Å². The first-order chi connectivity index (χ1) is 9.20. The fourth-order valence-corrected chi connectivity index (χ4v) is 2.13. The predicted octanol–water partition coefficient (Wildman–Crippen LogP) is 1.59. The number of carbonyl (C=O) groups is 1. The van der Waals surface area contributed by atoms with Crippen LogP contribution in [0.4, 0.5) is 4.39 Å². The molecular weight excluding hydrogens is 247 g/mol. The van der Waals surface area contributed by atoms with E-state index in [1.54, 1.807) is 19.2 Å². The van der Waals surface area contributed by atoms with Crippen molar-refractivity contribution in [1.29, 1.82) is 0 Å². The van der Waals surface area contributed by atoms with Crippen LogP contribution in [0.2, 0.25) is 0 Å². The highest BCUT2D eigenvalue weighted by Gasteiger charge is 2.23. The minimum atomic E-state index is -0.591. The zero-order chi connectivity index (χ0) is 13.7. The van der Waals surface area contributed by atoms with Gasteiger partial charge in [0, 0.05) is 13.1 Å². The lowest BCUT2D eigenvalue weighted by molar-refractivity contribution is -0.127. The van der Waals surface area contributed by atoms with Gasteiger partial charge in [-0.15, -0.1) is 0 Å². The van der Waals surface area contributed by atoms with Crippen LogP contribution in [-0.2, 0) is 11.3 Å². The number of halogens is 1. The van der Waals surface area contributed by atoms with E-state index in [0.717, 1.165) is 18.4 Å². The van der Waals surface area contributed by atoms with Crippen LogP contribution in [-0.4, -0.2) is 25.6 Å². The fourth-order valence-electron chi connectivity index (χ4n) is 2.13. The monoisotopic (exact) mass is 266 g/mol. The molecule has 1 atom stereocenters. The topological polar surface area (TPSA) is 50.4 Å².